The molecule has 4 rings (SSSR count). The van der Waals surface area contributed by atoms with Crippen molar-refractivity contribution in [3.8, 4) is 5.75 Å². The minimum absolute atomic E-state index is 0.196. The summed E-state index contributed by atoms with van der Waals surface area (Å²) in [5.41, 5.74) is 2.28. The molecule has 0 aliphatic carbocycles. The van der Waals surface area contributed by atoms with E-state index in [2.05, 4.69) is 9.97 Å². The van der Waals surface area contributed by atoms with Crippen LogP contribution in [0.4, 0.5) is 17.3 Å². The molecule has 0 unspecified atom stereocenters. The number of ether oxygens (including phenoxy) is 2. The lowest BCUT2D eigenvalue weighted by atomic mass is 10.1. The van der Waals surface area contributed by atoms with Crippen LogP contribution >= 0.6 is 11.6 Å². The smallest absolute Gasteiger partial charge is 0.337 e. The highest BCUT2D eigenvalue weighted by atomic mass is 35.5. The highest BCUT2D eigenvalue weighted by Crippen LogP contribution is 2.38. The lowest BCUT2D eigenvalue weighted by molar-refractivity contribution is 0.0600. The summed E-state index contributed by atoms with van der Waals surface area (Å²) in [4.78, 5) is 37.2. The molecule has 0 spiro atoms. The number of methoxy groups -OCH3 is 1. The summed E-state index contributed by atoms with van der Waals surface area (Å²) in [6.45, 7) is 2.73. The number of benzene rings is 1. The van der Waals surface area contributed by atoms with Crippen molar-refractivity contribution >= 4 is 40.8 Å². The summed E-state index contributed by atoms with van der Waals surface area (Å²) in [5.74, 6) is 1.07. The van der Waals surface area contributed by atoms with Gasteiger partial charge in [0.25, 0.3) is 5.91 Å². The summed E-state index contributed by atoms with van der Waals surface area (Å²) in [7, 11) is 3.03. The van der Waals surface area contributed by atoms with Crippen LogP contribution in [0.25, 0.3) is 0 Å². The van der Waals surface area contributed by atoms with E-state index in [1.807, 2.05) is 11.8 Å². The van der Waals surface area contributed by atoms with E-state index in [9.17, 15) is 9.59 Å². The number of anilines is 3. The molecule has 0 bridgehead atoms. The number of carbonyl (C=O) groups excluding carboxylic acids is 2. The summed E-state index contributed by atoms with van der Waals surface area (Å²) < 4.78 is 10.5. The Balaban J connectivity index is 1.61. The van der Waals surface area contributed by atoms with E-state index in [0.717, 1.165) is 5.56 Å². The van der Waals surface area contributed by atoms with E-state index in [4.69, 9.17) is 21.1 Å². The first kappa shape index (κ1) is 21.6. The Morgan fingerprint density at radius 3 is 2.56 bits per heavy atom. The van der Waals surface area contributed by atoms with Gasteiger partial charge in [-0.05, 0) is 49.4 Å². The van der Waals surface area contributed by atoms with Gasteiger partial charge in [-0.3, -0.25) is 4.79 Å². The van der Waals surface area contributed by atoms with Gasteiger partial charge in [0.15, 0.2) is 5.82 Å². The molecular weight excluding hydrogens is 432 g/mol. The Labute approximate surface area is 190 Å². The lowest BCUT2D eigenvalue weighted by Gasteiger charge is -2.23. The highest BCUT2D eigenvalue weighted by molar-refractivity contribution is 6.29. The molecule has 2 aromatic heterocycles. The standard InChI is InChI=1S/C23H21ClN4O4/c1-4-28-20-17(22(29)27(2)18-9-10-19(24)26-21(18)28)11-14(12-25-20)13-32-16-7-5-15(6-8-16)23(30)31-3/h5-12H,4,13H2,1-3H3. The molecular formula is C23H21ClN4O4. The maximum absolute atomic E-state index is 13.2. The predicted octanol–water partition coefficient (Wildman–Crippen LogP) is 4.24. The van der Waals surface area contributed by atoms with Crippen molar-refractivity contribution in [1.82, 2.24) is 9.97 Å². The van der Waals surface area contributed by atoms with Crippen LogP contribution in [0.15, 0.2) is 48.7 Å². The maximum atomic E-state index is 13.2. The maximum Gasteiger partial charge on any atom is 0.337 e. The van der Waals surface area contributed by atoms with Crippen LogP contribution in [0, 0.1) is 0 Å². The zero-order chi connectivity index (χ0) is 22.8. The fourth-order valence-electron chi connectivity index (χ4n) is 3.49. The molecule has 1 amide bonds. The quantitative estimate of drug-likeness (QED) is 0.422. The zero-order valence-electron chi connectivity index (χ0n) is 17.8. The van der Waals surface area contributed by atoms with Gasteiger partial charge in [-0.25, -0.2) is 14.8 Å². The fourth-order valence-corrected chi connectivity index (χ4v) is 3.64. The molecule has 1 aliphatic heterocycles. The summed E-state index contributed by atoms with van der Waals surface area (Å²) in [6.07, 6.45) is 1.67. The van der Waals surface area contributed by atoms with E-state index in [0.29, 0.717) is 45.9 Å². The van der Waals surface area contributed by atoms with E-state index < -0.39 is 5.97 Å². The molecule has 0 atom stereocenters. The van der Waals surface area contributed by atoms with Gasteiger partial charge in [0, 0.05) is 25.4 Å². The Morgan fingerprint density at radius 2 is 1.88 bits per heavy atom. The van der Waals surface area contributed by atoms with E-state index in [-0.39, 0.29) is 12.5 Å². The largest absolute Gasteiger partial charge is 0.489 e. The molecule has 32 heavy (non-hydrogen) atoms. The summed E-state index contributed by atoms with van der Waals surface area (Å²) in [5, 5.41) is 0.342. The average Bonchev–Trinajstić information content (AvgIpc) is 2.90. The number of carbonyl (C=O) groups is 2. The molecule has 1 aliphatic rings. The van der Waals surface area contributed by atoms with Gasteiger partial charge < -0.3 is 19.3 Å². The number of hydrogen-bond acceptors (Lipinski definition) is 7. The third kappa shape index (κ3) is 3.97. The third-order valence-electron chi connectivity index (χ3n) is 5.15. The van der Waals surface area contributed by atoms with Crippen molar-refractivity contribution in [2.24, 2.45) is 0 Å². The number of pyridine rings is 2. The number of nitrogens with zero attached hydrogens (tertiary/aromatic N) is 4. The average molecular weight is 453 g/mol. The SMILES string of the molecule is CCN1c2ncc(COc3ccc(C(=O)OC)cc3)cc2C(=O)N(C)c2ccc(Cl)nc21. The lowest BCUT2D eigenvalue weighted by Crippen LogP contribution is -2.25. The highest BCUT2D eigenvalue weighted by Gasteiger charge is 2.31. The van der Waals surface area contributed by atoms with E-state index >= 15 is 0 Å². The number of rotatable bonds is 5. The molecule has 1 aromatic carbocycles. The zero-order valence-corrected chi connectivity index (χ0v) is 18.6. The van der Waals surface area contributed by atoms with Gasteiger partial charge in [0.2, 0.25) is 0 Å². The monoisotopic (exact) mass is 452 g/mol. The van der Waals surface area contributed by atoms with Crippen molar-refractivity contribution in [2.45, 2.75) is 13.5 Å². The number of fused-ring (bicyclic) bond motifs is 2. The van der Waals surface area contributed by atoms with Crippen LogP contribution in [0.2, 0.25) is 5.15 Å². The predicted molar refractivity (Wildman–Crippen MR) is 121 cm³/mol. The van der Waals surface area contributed by atoms with Crippen LogP contribution < -0.4 is 14.5 Å². The van der Waals surface area contributed by atoms with Crippen molar-refractivity contribution in [3.63, 3.8) is 0 Å². The molecule has 0 saturated carbocycles. The minimum atomic E-state index is -0.411. The van der Waals surface area contributed by atoms with E-state index in [1.54, 1.807) is 60.6 Å². The van der Waals surface area contributed by atoms with Gasteiger partial charge in [-0.1, -0.05) is 11.6 Å². The Kier molecular flexibility index (Phi) is 5.96. The summed E-state index contributed by atoms with van der Waals surface area (Å²) >= 11 is 6.12. The molecule has 0 saturated heterocycles. The second-order valence-electron chi connectivity index (χ2n) is 7.10. The van der Waals surface area contributed by atoms with Crippen LogP contribution in [-0.2, 0) is 11.3 Å². The van der Waals surface area contributed by atoms with Gasteiger partial charge in [0.1, 0.15) is 23.3 Å². The minimum Gasteiger partial charge on any atom is -0.489 e. The molecule has 9 heteroatoms. The Bertz CT molecular complexity index is 1180. The van der Waals surface area contributed by atoms with Crippen LogP contribution in [0.5, 0.6) is 5.75 Å². The van der Waals surface area contributed by atoms with Crippen molar-refractivity contribution in [3.05, 3.63) is 70.5 Å². The third-order valence-corrected chi connectivity index (χ3v) is 5.36. The number of aromatic nitrogens is 2. The van der Waals surface area contributed by atoms with Crippen molar-refractivity contribution in [2.75, 3.05) is 30.5 Å². The molecule has 8 nitrogen and oxygen atoms in total. The van der Waals surface area contributed by atoms with E-state index in [1.165, 1.54) is 7.11 Å². The van der Waals surface area contributed by atoms with Gasteiger partial charge in [-0.2, -0.15) is 0 Å². The molecule has 3 heterocycles. The number of halogens is 1. The Hall–Kier alpha value is -3.65. The second kappa shape index (κ2) is 8.84. The van der Waals surface area contributed by atoms with Crippen LogP contribution in [0.3, 0.4) is 0 Å². The summed E-state index contributed by atoms with van der Waals surface area (Å²) in [6, 6.07) is 11.8. The fraction of sp³-hybridized carbons (Fsp3) is 0.217. The van der Waals surface area contributed by atoms with Crippen LogP contribution in [-0.4, -0.2) is 42.5 Å². The Morgan fingerprint density at radius 1 is 1.12 bits per heavy atom. The first-order chi connectivity index (χ1) is 15.4. The van der Waals surface area contributed by atoms with Crippen LogP contribution in [0.1, 0.15) is 33.2 Å². The number of esters is 1. The van der Waals surface area contributed by atoms with Crippen molar-refractivity contribution < 1.29 is 19.1 Å². The number of hydrogen-bond donors (Lipinski definition) is 0. The molecule has 164 valence electrons. The van der Waals surface area contributed by atoms with Gasteiger partial charge in [0.05, 0.1) is 23.9 Å². The number of amides is 1. The topological polar surface area (TPSA) is 84.9 Å². The first-order valence-electron chi connectivity index (χ1n) is 9.95. The van der Waals surface area contributed by atoms with Gasteiger partial charge >= 0.3 is 5.97 Å². The molecule has 0 radical (unpaired) electrons. The molecule has 0 N–H and O–H groups in total. The second-order valence-corrected chi connectivity index (χ2v) is 7.49. The molecule has 3 aromatic rings. The first-order valence-corrected chi connectivity index (χ1v) is 10.3. The van der Waals surface area contributed by atoms with Crippen molar-refractivity contribution in [1.29, 1.82) is 0 Å². The molecule has 0 fully saturated rings. The normalized spacial score (nSPS) is 12.7. The van der Waals surface area contributed by atoms with Gasteiger partial charge in [-0.15, -0.1) is 0 Å².